The fourth-order valence-electron chi connectivity index (χ4n) is 2.65. The summed E-state index contributed by atoms with van der Waals surface area (Å²) in [5, 5.41) is 0.00196. The molecule has 0 radical (unpaired) electrons. The van der Waals surface area contributed by atoms with Crippen LogP contribution in [0.1, 0.15) is 29.0 Å². The molecule has 1 atom stereocenters. The van der Waals surface area contributed by atoms with Crippen LogP contribution in [0.5, 0.6) is 5.88 Å². The fourth-order valence-corrected chi connectivity index (χ4v) is 2.82. The number of nitrogens with zero attached hydrogens (tertiary/aromatic N) is 3. The Bertz CT molecular complexity index is 808. The van der Waals surface area contributed by atoms with Gasteiger partial charge in [-0.1, -0.05) is 11.6 Å². The molecule has 7 nitrogen and oxygen atoms in total. The number of H-pyrrole nitrogens is 1. The van der Waals surface area contributed by atoms with Crippen LogP contribution in [0.2, 0.25) is 5.02 Å². The summed E-state index contributed by atoms with van der Waals surface area (Å²) in [5.41, 5.74) is -0.0506. The van der Waals surface area contributed by atoms with Crippen LogP contribution in [0.3, 0.4) is 0 Å². The number of carbonyl (C=O) groups is 1. The number of halogens is 1. The lowest BCUT2D eigenvalue weighted by Gasteiger charge is -2.32. The molecule has 1 unspecified atom stereocenters. The number of aromatic amines is 1. The Morgan fingerprint density at radius 1 is 1.50 bits per heavy atom. The summed E-state index contributed by atoms with van der Waals surface area (Å²) in [6, 6.07) is 3.09. The largest absolute Gasteiger partial charge is 0.472 e. The van der Waals surface area contributed by atoms with E-state index in [0.717, 1.165) is 12.8 Å². The maximum atomic E-state index is 12.6. The highest BCUT2D eigenvalue weighted by molar-refractivity contribution is 6.30. The van der Waals surface area contributed by atoms with Crippen LogP contribution >= 0.6 is 11.6 Å². The van der Waals surface area contributed by atoms with Gasteiger partial charge in [0.05, 0.1) is 12.1 Å². The molecule has 0 bridgehead atoms. The van der Waals surface area contributed by atoms with E-state index in [4.69, 9.17) is 16.3 Å². The Hall–Kier alpha value is -2.41. The highest BCUT2D eigenvalue weighted by Gasteiger charge is 2.26. The summed E-state index contributed by atoms with van der Waals surface area (Å²) in [5.74, 6) is 0.966. The van der Waals surface area contributed by atoms with Crippen LogP contribution in [0.4, 0.5) is 0 Å². The van der Waals surface area contributed by atoms with E-state index in [-0.39, 0.29) is 17.0 Å². The van der Waals surface area contributed by atoms with Crippen LogP contribution in [0.25, 0.3) is 0 Å². The number of ether oxygens (including phenoxy) is 1. The zero-order chi connectivity index (χ0) is 17.1. The van der Waals surface area contributed by atoms with E-state index < -0.39 is 5.56 Å². The normalized spacial score (nSPS) is 17.6. The van der Waals surface area contributed by atoms with E-state index in [0.29, 0.717) is 30.4 Å². The maximum absolute atomic E-state index is 12.6. The van der Waals surface area contributed by atoms with Gasteiger partial charge < -0.3 is 14.6 Å². The predicted molar refractivity (Wildman–Crippen MR) is 88.4 cm³/mol. The predicted octanol–water partition coefficient (Wildman–Crippen LogP) is 1.81. The molecule has 1 aliphatic heterocycles. The van der Waals surface area contributed by atoms with E-state index in [2.05, 4.69) is 15.0 Å². The Balaban J connectivity index is 1.69. The Kier molecular flexibility index (Phi) is 4.80. The van der Waals surface area contributed by atoms with E-state index in [9.17, 15) is 9.59 Å². The zero-order valence-electron chi connectivity index (χ0n) is 13.2. The van der Waals surface area contributed by atoms with Gasteiger partial charge in [-0.2, -0.15) is 4.98 Å². The average Bonchev–Trinajstić information content (AvgIpc) is 2.57. The average molecular weight is 349 g/mol. The Labute approximate surface area is 143 Å². The minimum Gasteiger partial charge on any atom is -0.472 e. The third-order valence-corrected chi connectivity index (χ3v) is 4.09. The van der Waals surface area contributed by atoms with Gasteiger partial charge in [-0.3, -0.25) is 9.59 Å². The van der Waals surface area contributed by atoms with Crippen molar-refractivity contribution < 1.29 is 9.53 Å². The highest BCUT2D eigenvalue weighted by Crippen LogP contribution is 2.18. The van der Waals surface area contributed by atoms with Crippen molar-refractivity contribution in [2.75, 3.05) is 13.1 Å². The van der Waals surface area contributed by atoms with Gasteiger partial charge in [0, 0.05) is 25.0 Å². The first-order valence-electron chi connectivity index (χ1n) is 7.67. The minimum atomic E-state index is -0.410. The van der Waals surface area contributed by atoms with Gasteiger partial charge in [-0.25, -0.2) is 4.98 Å². The molecule has 8 heteroatoms. The molecule has 0 aliphatic carbocycles. The van der Waals surface area contributed by atoms with Crippen LogP contribution < -0.4 is 10.3 Å². The van der Waals surface area contributed by atoms with E-state index in [1.807, 2.05) is 0 Å². The number of amides is 1. The number of rotatable bonds is 3. The second-order valence-corrected chi connectivity index (χ2v) is 6.05. The maximum Gasteiger partial charge on any atom is 0.266 e. The minimum absolute atomic E-state index is 0.00196. The third kappa shape index (κ3) is 3.73. The van der Waals surface area contributed by atoms with Crippen molar-refractivity contribution in [3.63, 3.8) is 0 Å². The number of aromatic nitrogens is 3. The number of carbonyl (C=O) groups excluding carboxylic acids is 1. The number of likely N-dealkylation sites (tertiary alicyclic amines) is 1. The molecule has 0 spiro atoms. The number of nitrogens with one attached hydrogen (secondary N) is 1. The summed E-state index contributed by atoms with van der Waals surface area (Å²) in [7, 11) is 0. The van der Waals surface area contributed by atoms with Crippen LogP contribution in [0.15, 0.2) is 29.3 Å². The molecule has 2 aromatic rings. The second kappa shape index (κ2) is 7.00. The molecule has 0 saturated carbocycles. The van der Waals surface area contributed by atoms with Crippen molar-refractivity contribution in [1.29, 1.82) is 0 Å². The highest BCUT2D eigenvalue weighted by atomic mass is 35.5. The van der Waals surface area contributed by atoms with Gasteiger partial charge >= 0.3 is 0 Å². The van der Waals surface area contributed by atoms with Crippen molar-refractivity contribution in [2.45, 2.75) is 25.9 Å². The van der Waals surface area contributed by atoms with Crippen LogP contribution in [0, 0.1) is 6.92 Å². The number of hydrogen-bond donors (Lipinski definition) is 1. The van der Waals surface area contributed by atoms with Crippen molar-refractivity contribution in [3.05, 3.63) is 51.3 Å². The van der Waals surface area contributed by atoms with E-state index in [1.165, 1.54) is 12.3 Å². The van der Waals surface area contributed by atoms with Gasteiger partial charge in [-0.05, 0) is 25.8 Å². The monoisotopic (exact) mass is 348 g/mol. The number of hydrogen-bond acceptors (Lipinski definition) is 5. The van der Waals surface area contributed by atoms with E-state index in [1.54, 1.807) is 24.1 Å². The van der Waals surface area contributed by atoms with Crippen LogP contribution in [-0.4, -0.2) is 45.0 Å². The molecule has 0 aromatic carbocycles. The Morgan fingerprint density at radius 3 is 3.08 bits per heavy atom. The molecular formula is C16H17ClN4O3. The van der Waals surface area contributed by atoms with Crippen molar-refractivity contribution in [1.82, 2.24) is 19.9 Å². The SMILES string of the molecule is Cc1nccc(OC2CCCN(C(=O)c3c[nH]c(=O)c(Cl)c3)C2)n1. The van der Waals surface area contributed by atoms with Gasteiger partial charge in [0.1, 0.15) is 17.0 Å². The molecule has 3 rings (SSSR count). The van der Waals surface area contributed by atoms with Crippen molar-refractivity contribution >= 4 is 17.5 Å². The molecular weight excluding hydrogens is 332 g/mol. The van der Waals surface area contributed by atoms with Gasteiger partial charge in [-0.15, -0.1) is 0 Å². The molecule has 3 heterocycles. The first-order chi connectivity index (χ1) is 11.5. The topological polar surface area (TPSA) is 88.2 Å². The summed E-state index contributed by atoms with van der Waals surface area (Å²) < 4.78 is 5.87. The first-order valence-corrected chi connectivity index (χ1v) is 8.04. The smallest absolute Gasteiger partial charge is 0.266 e. The van der Waals surface area contributed by atoms with Crippen molar-refractivity contribution in [3.8, 4) is 5.88 Å². The summed E-state index contributed by atoms with van der Waals surface area (Å²) in [4.78, 5) is 36.3. The van der Waals surface area contributed by atoms with E-state index >= 15 is 0 Å². The zero-order valence-corrected chi connectivity index (χ0v) is 13.9. The number of piperidine rings is 1. The second-order valence-electron chi connectivity index (χ2n) is 5.64. The Morgan fingerprint density at radius 2 is 2.33 bits per heavy atom. The molecule has 126 valence electrons. The van der Waals surface area contributed by atoms with Gasteiger partial charge in [0.15, 0.2) is 0 Å². The molecule has 1 fully saturated rings. The lowest BCUT2D eigenvalue weighted by atomic mass is 10.1. The lowest BCUT2D eigenvalue weighted by Crippen LogP contribution is -2.44. The number of pyridine rings is 1. The number of aryl methyl sites for hydroxylation is 1. The van der Waals surface area contributed by atoms with Gasteiger partial charge in [0.2, 0.25) is 5.88 Å². The van der Waals surface area contributed by atoms with Crippen LogP contribution in [-0.2, 0) is 0 Å². The molecule has 2 aromatic heterocycles. The summed E-state index contributed by atoms with van der Waals surface area (Å²) >= 11 is 5.79. The molecule has 1 saturated heterocycles. The fraction of sp³-hybridized carbons (Fsp3) is 0.375. The lowest BCUT2D eigenvalue weighted by molar-refractivity contribution is 0.0526. The van der Waals surface area contributed by atoms with Gasteiger partial charge in [0.25, 0.3) is 11.5 Å². The standard InChI is InChI=1S/C16H17ClN4O3/c1-10-18-5-4-14(20-10)24-12-3-2-6-21(9-12)16(23)11-7-13(17)15(22)19-8-11/h4-5,7-8,12H,2-3,6,9H2,1H3,(H,19,22). The molecule has 1 N–H and O–H groups in total. The first kappa shape index (κ1) is 16.4. The summed E-state index contributed by atoms with van der Waals surface area (Å²) in [6.45, 7) is 2.89. The molecule has 1 amide bonds. The molecule has 1 aliphatic rings. The quantitative estimate of drug-likeness (QED) is 0.913. The molecule has 24 heavy (non-hydrogen) atoms. The van der Waals surface area contributed by atoms with Crippen molar-refractivity contribution in [2.24, 2.45) is 0 Å². The summed E-state index contributed by atoms with van der Waals surface area (Å²) in [6.07, 6.45) is 4.58. The third-order valence-electron chi connectivity index (χ3n) is 3.81.